The minimum atomic E-state index is -0.338. The molecule has 0 aromatic heterocycles. The normalized spacial score (nSPS) is 10.6. The van der Waals surface area contributed by atoms with Crippen molar-refractivity contribution in [2.24, 2.45) is 0 Å². The minimum absolute atomic E-state index is 0.129. The molecule has 0 bridgehead atoms. The van der Waals surface area contributed by atoms with Gasteiger partial charge in [0.25, 0.3) is 12.5 Å². The maximum absolute atomic E-state index is 7.93. The lowest BCUT2D eigenvalue weighted by atomic mass is 10.4. The summed E-state index contributed by atoms with van der Waals surface area (Å²) < 4.78 is 8.65. The second kappa shape index (κ2) is 4.73. The number of nitrogens with zero attached hydrogens (tertiary/aromatic N) is 2. The van der Waals surface area contributed by atoms with Gasteiger partial charge in [0.1, 0.15) is 12.7 Å². The van der Waals surface area contributed by atoms with Crippen molar-refractivity contribution in [3.05, 3.63) is 0 Å². The third-order valence-corrected chi connectivity index (χ3v) is 0.636. The van der Waals surface area contributed by atoms with Crippen molar-refractivity contribution in [1.29, 1.82) is 10.5 Å². The SMILES string of the molecule is CC(COC#N)OC#N. The van der Waals surface area contributed by atoms with Crippen LogP contribution in [0.4, 0.5) is 0 Å². The molecule has 0 N–H and O–H groups in total. The van der Waals surface area contributed by atoms with Gasteiger partial charge in [0.2, 0.25) is 0 Å². The third kappa shape index (κ3) is 4.43. The molecule has 0 rings (SSSR count). The molecule has 0 heterocycles. The highest BCUT2D eigenvalue weighted by atomic mass is 16.5. The molecule has 1 unspecified atom stereocenters. The first-order chi connectivity index (χ1) is 4.31. The molecule has 4 nitrogen and oxygen atoms in total. The van der Waals surface area contributed by atoms with E-state index in [4.69, 9.17) is 10.5 Å². The van der Waals surface area contributed by atoms with Gasteiger partial charge < -0.3 is 9.47 Å². The standard InChI is InChI=1S/C5H6N2O2/c1-5(9-4-7)2-8-3-6/h5H,2H2,1H3. The van der Waals surface area contributed by atoms with Crippen molar-refractivity contribution in [3.8, 4) is 12.5 Å². The van der Waals surface area contributed by atoms with Crippen molar-refractivity contribution in [1.82, 2.24) is 0 Å². The molecule has 0 aliphatic heterocycles. The number of ether oxygens (including phenoxy) is 2. The van der Waals surface area contributed by atoms with Gasteiger partial charge in [0, 0.05) is 0 Å². The summed E-state index contributed by atoms with van der Waals surface area (Å²) in [5.41, 5.74) is 0. The summed E-state index contributed by atoms with van der Waals surface area (Å²) in [5, 5.41) is 15.8. The molecule has 48 valence electrons. The largest absolute Gasteiger partial charge is 0.424 e. The minimum Gasteiger partial charge on any atom is -0.424 e. The van der Waals surface area contributed by atoms with Crippen molar-refractivity contribution < 1.29 is 9.47 Å². The molecule has 0 spiro atoms. The van der Waals surface area contributed by atoms with Gasteiger partial charge in [-0.05, 0) is 6.92 Å². The van der Waals surface area contributed by atoms with Gasteiger partial charge in [-0.2, -0.15) is 10.5 Å². The fourth-order valence-electron chi connectivity index (χ4n) is 0.279. The summed E-state index contributed by atoms with van der Waals surface area (Å²) in [6, 6.07) is 0. The van der Waals surface area contributed by atoms with Gasteiger partial charge in [-0.15, -0.1) is 0 Å². The van der Waals surface area contributed by atoms with Crippen LogP contribution in [0.1, 0.15) is 6.92 Å². The van der Waals surface area contributed by atoms with E-state index in [0.29, 0.717) is 0 Å². The van der Waals surface area contributed by atoms with E-state index in [-0.39, 0.29) is 12.7 Å². The van der Waals surface area contributed by atoms with E-state index in [1.807, 2.05) is 0 Å². The van der Waals surface area contributed by atoms with E-state index < -0.39 is 0 Å². The van der Waals surface area contributed by atoms with Crippen LogP contribution >= 0.6 is 0 Å². The van der Waals surface area contributed by atoms with E-state index in [0.717, 1.165) is 0 Å². The Morgan fingerprint density at radius 1 is 1.44 bits per heavy atom. The highest BCUT2D eigenvalue weighted by molar-refractivity contribution is 4.58. The molecule has 0 aromatic carbocycles. The van der Waals surface area contributed by atoms with E-state index in [2.05, 4.69) is 9.47 Å². The van der Waals surface area contributed by atoms with Crippen LogP contribution in [-0.2, 0) is 9.47 Å². The molecule has 1 atom stereocenters. The zero-order chi connectivity index (χ0) is 7.11. The van der Waals surface area contributed by atoms with E-state index in [9.17, 15) is 0 Å². The van der Waals surface area contributed by atoms with Crippen LogP contribution in [0, 0.1) is 23.0 Å². The summed E-state index contributed by atoms with van der Waals surface area (Å²) in [4.78, 5) is 0. The molecule has 0 aliphatic rings. The molecule has 0 saturated heterocycles. The molecule has 0 aliphatic carbocycles. The molecular formula is C5H6N2O2. The van der Waals surface area contributed by atoms with Crippen LogP contribution in [-0.4, -0.2) is 12.7 Å². The molecule has 9 heavy (non-hydrogen) atoms. The number of rotatable bonds is 3. The molecule has 0 amide bonds. The Kier molecular flexibility index (Phi) is 3.99. The summed E-state index contributed by atoms with van der Waals surface area (Å²) in [6.45, 7) is 1.77. The Bertz CT molecular complexity index is 144. The molecule has 0 aromatic rings. The molecule has 0 fully saturated rings. The van der Waals surface area contributed by atoms with Crippen LogP contribution in [0.25, 0.3) is 0 Å². The smallest absolute Gasteiger partial charge is 0.286 e. The second-order valence-electron chi connectivity index (χ2n) is 1.42. The van der Waals surface area contributed by atoms with E-state index in [1.54, 1.807) is 6.92 Å². The maximum Gasteiger partial charge on any atom is 0.286 e. The Balaban J connectivity index is 3.21. The zero-order valence-electron chi connectivity index (χ0n) is 5.00. The quantitative estimate of drug-likeness (QED) is 0.512. The lowest BCUT2D eigenvalue weighted by Gasteiger charge is -2.02. The van der Waals surface area contributed by atoms with Crippen molar-refractivity contribution in [2.75, 3.05) is 6.61 Å². The Morgan fingerprint density at radius 3 is 2.56 bits per heavy atom. The summed E-state index contributed by atoms with van der Waals surface area (Å²) in [7, 11) is 0. The first-order valence-corrected chi connectivity index (χ1v) is 2.37. The average molecular weight is 126 g/mol. The fraction of sp³-hybridized carbons (Fsp3) is 0.600. The highest BCUT2D eigenvalue weighted by Crippen LogP contribution is 1.87. The molecule has 0 saturated carbocycles. The molecule has 0 radical (unpaired) electrons. The topological polar surface area (TPSA) is 66.0 Å². The monoisotopic (exact) mass is 126 g/mol. The van der Waals surface area contributed by atoms with Gasteiger partial charge in [-0.25, -0.2) is 0 Å². The summed E-state index contributed by atoms with van der Waals surface area (Å²) in [5.74, 6) is 0. The Morgan fingerprint density at radius 2 is 2.11 bits per heavy atom. The lowest BCUT2D eigenvalue weighted by molar-refractivity contribution is 0.0988. The lowest BCUT2D eigenvalue weighted by Crippen LogP contribution is -2.11. The number of hydrogen-bond donors (Lipinski definition) is 0. The zero-order valence-corrected chi connectivity index (χ0v) is 5.00. The van der Waals surface area contributed by atoms with Crippen molar-refractivity contribution in [2.45, 2.75) is 13.0 Å². The van der Waals surface area contributed by atoms with Crippen LogP contribution in [0.5, 0.6) is 0 Å². The van der Waals surface area contributed by atoms with Crippen LogP contribution < -0.4 is 0 Å². The summed E-state index contributed by atoms with van der Waals surface area (Å²) >= 11 is 0. The van der Waals surface area contributed by atoms with E-state index >= 15 is 0 Å². The highest BCUT2D eigenvalue weighted by Gasteiger charge is 1.99. The number of hydrogen-bond acceptors (Lipinski definition) is 4. The summed E-state index contributed by atoms with van der Waals surface area (Å²) in [6.07, 6.45) is 2.62. The van der Waals surface area contributed by atoms with Gasteiger partial charge in [-0.1, -0.05) is 0 Å². The molecule has 4 heteroatoms. The third-order valence-electron chi connectivity index (χ3n) is 0.636. The van der Waals surface area contributed by atoms with Gasteiger partial charge >= 0.3 is 0 Å². The first-order valence-electron chi connectivity index (χ1n) is 2.37. The number of nitriles is 2. The van der Waals surface area contributed by atoms with Crippen molar-refractivity contribution >= 4 is 0 Å². The first kappa shape index (κ1) is 7.58. The predicted octanol–water partition coefficient (Wildman–Crippen LogP) is 0.370. The predicted molar refractivity (Wildman–Crippen MR) is 27.7 cm³/mol. The van der Waals surface area contributed by atoms with Gasteiger partial charge in [-0.3, -0.25) is 0 Å². The Labute approximate surface area is 53.2 Å². The van der Waals surface area contributed by atoms with Crippen LogP contribution in [0.2, 0.25) is 0 Å². The van der Waals surface area contributed by atoms with Crippen LogP contribution in [0.15, 0.2) is 0 Å². The van der Waals surface area contributed by atoms with Crippen molar-refractivity contribution in [3.63, 3.8) is 0 Å². The van der Waals surface area contributed by atoms with Gasteiger partial charge in [0.15, 0.2) is 0 Å². The van der Waals surface area contributed by atoms with Gasteiger partial charge in [0.05, 0.1) is 0 Å². The maximum atomic E-state index is 7.93. The fourth-order valence-corrected chi connectivity index (χ4v) is 0.279. The average Bonchev–Trinajstić information content (AvgIpc) is 1.85. The van der Waals surface area contributed by atoms with Crippen LogP contribution in [0.3, 0.4) is 0 Å². The molecular weight excluding hydrogens is 120 g/mol. The second-order valence-corrected chi connectivity index (χ2v) is 1.42. The Hall–Kier alpha value is -1.42. The van der Waals surface area contributed by atoms with E-state index in [1.165, 1.54) is 12.5 Å².